The van der Waals surface area contributed by atoms with E-state index < -0.39 is 0 Å². The molecule has 0 saturated carbocycles. The summed E-state index contributed by atoms with van der Waals surface area (Å²) < 4.78 is 0. The second-order valence-electron chi connectivity index (χ2n) is 7.04. The van der Waals surface area contributed by atoms with Gasteiger partial charge in [0.1, 0.15) is 0 Å². The summed E-state index contributed by atoms with van der Waals surface area (Å²) in [6.07, 6.45) is 0.953. The van der Waals surface area contributed by atoms with Crippen molar-refractivity contribution in [2.24, 2.45) is 0 Å². The Labute approximate surface area is 156 Å². The molecule has 1 aromatic carbocycles. The SMILES string of the molecule is CCCNC(=O)CN1CCN(C(C)C(=O)NCc2ccc(C)cc2)CC1. The van der Waals surface area contributed by atoms with Crippen LogP contribution in [0.4, 0.5) is 0 Å². The van der Waals surface area contributed by atoms with E-state index in [0.717, 1.165) is 44.7 Å². The third-order valence-corrected chi connectivity index (χ3v) is 4.86. The normalized spacial score (nSPS) is 16.9. The minimum absolute atomic E-state index is 0.0553. The fraction of sp³-hybridized carbons (Fsp3) is 0.600. The molecule has 0 radical (unpaired) electrons. The summed E-state index contributed by atoms with van der Waals surface area (Å²) in [6, 6.07) is 8.05. The summed E-state index contributed by atoms with van der Waals surface area (Å²) >= 11 is 0. The highest BCUT2D eigenvalue weighted by Crippen LogP contribution is 2.07. The number of rotatable bonds is 8. The molecule has 0 bridgehead atoms. The summed E-state index contributed by atoms with van der Waals surface area (Å²) in [4.78, 5) is 28.6. The van der Waals surface area contributed by atoms with E-state index in [1.54, 1.807) is 0 Å². The highest BCUT2D eigenvalue weighted by atomic mass is 16.2. The van der Waals surface area contributed by atoms with E-state index in [4.69, 9.17) is 0 Å². The van der Waals surface area contributed by atoms with E-state index in [-0.39, 0.29) is 17.9 Å². The van der Waals surface area contributed by atoms with Crippen LogP contribution in [0.1, 0.15) is 31.4 Å². The Balaban J connectivity index is 1.71. The van der Waals surface area contributed by atoms with Crippen LogP contribution < -0.4 is 10.6 Å². The van der Waals surface area contributed by atoms with E-state index in [1.165, 1.54) is 5.56 Å². The maximum Gasteiger partial charge on any atom is 0.237 e. The lowest BCUT2D eigenvalue weighted by Crippen LogP contribution is -2.55. The van der Waals surface area contributed by atoms with Crippen molar-refractivity contribution in [3.63, 3.8) is 0 Å². The number of carbonyl (C=O) groups is 2. The zero-order valence-corrected chi connectivity index (χ0v) is 16.3. The quantitative estimate of drug-likeness (QED) is 0.730. The van der Waals surface area contributed by atoms with Gasteiger partial charge < -0.3 is 10.6 Å². The molecule has 6 nitrogen and oxygen atoms in total. The molecule has 26 heavy (non-hydrogen) atoms. The van der Waals surface area contributed by atoms with E-state index in [1.807, 2.05) is 26.0 Å². The molecule has 1 atom stereocenters. The molecule has 1 aromatic rings. The molecule has 6 heteroatoms. The monoisotopic (exact) mass is 360 g/mol. The maximum absolute atomic E-state index is 12.4. The van der Waals surface area contributed by atoms with Crippen LogP contribution in [0.3, 0.4) is 0 Å². The standard InChI is InChI=1S/C20H32N4O2/c1-4-9-21-19(25)15-23-10-12-24(13-11-23)17(3)20(26)22-14-18-7-5-16(2)6-8-18/h5-8,17H,4,9-15H2,1-3H3,(H,21,25)(H,22,26). The fourth-order valence-electron chi connectivity index (χ4n) is 3.04. The van der Waals surface area contributed by atoms with Crippen LogP contribution in [0.15, 0.2) is 24.3 Å². The minimum Gasteiger partial charge on any atom is -0.355 e. The number of benzene rings is 1. The van der Waals surface area contributed by atoms with Gasteiger partial charge in [0.25, 0.3) is 0 Å². The highest BCUT2D eigenvalue weighted by Gasteiger charge is 2.26. The topological polar surface area (TPSA) is 64.7 Å². The predicted molar refractivity (Wildman–Crippen MR) is 104 cm³/mol. The number of hydrogen-bond donors (Lipinski definition) is 2. The smallest absolute Gasteiger partial charge is 0.237 e. The maximum atomic E-state index is 12.4. The Bertz CT molecular complexity index is 580. The first-order chi connectivity index (χ1) is 12.5. The highest BCUT2D eigenvalue weighted by molar-refractivity contribution is 5.81. The summed E-state index contributed by atoms with van der Waals surface area (Å²) in [7, 11) is 0. The molecule has 1 saturated heterocycles. The van der Waals surface area contributed by atoms with E-state index in [0.29, 0.717) is 13.1 Å². The summed E-state index contributed by atoms with van der Waals surface area (Å²) in [6.45, 7) is 11.0. The summed E-state index contributed by atoms with van der Waals surface area (Å²) in [5.74, 6) is 0.143. The molecular formula is C20H32N4O2. The Morgan fingerprint density at radius 3 is 2.35 bits per heavy atom. The van der Waals surface area contributed by atoms with Gasteiger partial charge in [-0.05, 0) is 25.8 Å². The molecule has 0 aromatic heterocycles. The first-order valence-electron chi connectivity index (χ1n) is 9.56. The number of nitrogens with one attached hydrogen (secondary N) is 2. The van der Waals surface area contributed by atoms with E-state index in [2.05, 4.69) is 39.5 Å². The third kappa shape index (κ3) is 6.42. The van der Waals surface area contributed by atoms with Crippen molar-refractivity contribution in [1.29, 1.82) is 0 Å². The first-order valence-corrected chi connectivity index (χ1v) is 9.56. The van der Waals surface area contributed by atoms with Crippen LogP contribution in [0.5, 0.6) is 0 Å². The van der Waals surface area contributed by atoms with Crippen molar-refractivity contribution in [2.75, 3.05) is 39.3 Å². The molecule has 1 heterocycles. The van der Waals surface area contributed by atoms with Crippen molar-refractivity contribution < 1.29 is 9.59 Å². The van der Waals surface area contributed by atoms with Crippen LogP contribution in [0.2, 0.25) is 0 Å². The Hall–Kier alpha value is -1.92. The zero-order chi connectivity index (χ0) is 18.9. The van der Waals surface area contributed by atoms with Crippen molar-refractivity contribution in [3.8, 4) is 0 Å². The lowest BCUT2D eigenvalue weighted by atomic mass is 10.1. The number of amides is 2. The van der Waals surface area contributed by atoms with Crippen molar-refractivity contribution in [3.05, 3.63) is 35.4 Å². The van der Waals surface area contributed by atoms with Gasteiger partial charge in [-0.2, -0.15) is 0 Å². The largest absolute Gasteiger partial charge is 0.355 e. The van der Waals surface area contributed by atoms with Crippen LogP contribution in [-0.4, -0.2) is 66.9 Å². The average Bonchev–Trinajstić information content (AvgIpc) is 2.65. The van der Waals surface area contributed by atoms with Gasteiger partial charge in [0.2, 0.25) is 11.8 Å². The van der Waals surface area contributed by atoms with Gasteiger partial charge in [-0.25, -0.2) is 0 Å². The minimum atomic E-state index is -0.156. The van der Waals surface area contributed by atoms with Crippen molar-refractivity contribution >= 4 is 11.8 Å². The van der Waals surface area contributed by atoms with Crippen LogP contribution in [0.25, 0.3) is 0 Å². The molecule has 1 aliphatic rings. The molecule has 1 unspecified atom stereocenters. The van der Waals surface area contributed by atoms with Crippen molar-refractivity contribution in [1.82, 2.24) is 20.4 Å². The number of piperazine rings is 1. The molecular weight excluding hydrogens is 328 g/mol. The zero-order valence-electron chi connectivity index (χ0n) is 16.3. The van der Waals surface area contributed by atoms with Gasteiger partial charge in [0.15, 0.2) is 0 Å². The number of hydrogen-bond acceptors (Lipinski definition) is 4. The molecule has 2 amide bonds. The van der Waals surface area contributed by atoms with Gasteiger partial charge in [-0.1, -0.05) is 36.8 Å². The molecule has 144 valence electrons. The van der Waals surface area contributed by atoms with Crippen LogP contribution >= 0.6 is 0 Å². The van der Waals surface area contributed by atoms with Crippen molar-refractivity contribution in [2.45, 2.75) is 39.8 Å². The third-order valence-electron chi connectivity index (χ3n) is 4.86. The number of carbonyl (C=O) groups excluding carboxylic acids is 2. The van der Waals surface area contributed by atoms with Gasteiger partial charge in [0, 0.05) is 39.3 Å². The fourth-order valence-corrected chi connectivity index (χ4v) is 3.04. The van der Waals surface area contributed by atoms with Crippen LogP contribution in [-0.2, 0) is 16.1 Å². The lowest BCUT2D eigenvalue weighted by Gasteiger charge is -2.37. The summed E-state index contributed by atoms with van der Waals surface area (Å²) in [5, 5.41) is 5.93. The van der Waals surface area contributed by atoms with Gasteiger partial charge in [-0.3, -0.25) is 19.4 Å². The van der Waals surface area contributed by atoms with Gasteiger partial charge in [-0.15, -0.1) is 0 Å². The first kappa shape index (κ1) is 20.4. The molecule has 0 spiro atoms. The van der Waals surface area contributed by atoms with Crippen LogP contribution in [0, 0.1) is 6.92 Å². The van der Waals surface area contributed by atoms with E-state index in [9.17, 15) is 9.59 Å². The Morgan fingerprint density at radius 1 is 1.08 bits per heavy atom. The average molecular weight is 361 g/mol. The number of nitrogens with zero attached hydrogens (tertiary/aromatic N) is 2. The lowest BCUT2D eigenvalue weighted by molar-refractivity contribution is -0.128. The van der Waals surface area contributed by atoms with E-state index >= 15 is 0 Å². The Kier molecular flexibility index (Phi) is 8.06. The van der Waals surface area contributed by atoms with Gasteiger partial charge >= 0.3 is 0 Å². The van der Waals surface area contributed by atoms with Gasteiger partial charge in [0.05, 0.1) is 12.6 Å². The molecule has 2 N–H and O–H groups in total. The Morgan fingerprint density at radius 2 is 1.73 bits per heavy atom. The molecule has 0 aliphatic carbocycles. The molecule has 1 aliphatic heterocycles. The molecule has 2 rings (SSSR count). The number of aryl methyl sites for hydroxylation is 1. The second kappa shape index (κ2) is 10.3. The molecule has 1 fully saturated rings. The second-order valence-corrected chi connectivity index (χ2v) is 7.04. The predicted octanol–water partition coefficient (Wildman–Crippen LogP) is 1.14. The summed E-state index contributed by atoms with van der Waals surface area (Å²) in [5.41, 5.74) is 2.33.